The van der Waals surface area contributed by atoms with E-state index in [2.05, 4.69) is 0 Å². The molecule has 0 bridgehead atoms. The van der Waals surface area contributed by atoms with Gasteiger partial charge in [-0.1, -0.05) is 6.07 Å². The molecule has 2 N–H and O–H groups in total. The largest absolute Gasteiger partial charge is 0.496 e. The first-order chi connectivity index (χ1) is 8.08. The van der Waals surface area contributed by atoms with Gasteiger partial charge in [-0.2, -0.15) is 0 Å². The number of methoxy groups -OCH3 is 1. The summed E-state index contributed by atoms with van der Waals surface area (Å²) in [5.74, 6) is -0.456. The highest BCUT2D eigenvalue weighted by Crippen LogP contribution is 2.26. The van der Waals surface area contributed by atoms with E-state index in [1.807, 2.05) is 0 Å². The van der Waals surface area contributed by atoms with Crippen LogP contribution in [0.3, 0.4) is 0 Å². The van der Waals surface area contributed by atoms with Crippen LogP contribution in [0.5, 0.6) is 5.75 Å². The van der Waals surface area contributed by atoms with Gasteiger partial charge in [0.05, 0.1) is 20.1 Å². The van der Waals surface area contributed by atoms with E-state index in [4.69, 9.17) is 15.2 Å². The summed E-state index contributed by atoms with van der Waals surface area (Å²) in [4.78, 5) is 11.3. The summed E-state index contributed by atoms with van der Waals surface area (Å²) >= 11 is 0. The maximum absolute atomic E-state index is 13.0. The third kappa shape index (κ3) is 3.71. The monoisotopic (exact) mass is 241 g/mol. The summed E-state index contributed by atoms with van der Waals surface area (Å²) in [5.41, 5.74) is 6.43. The van der Waals surface area contributed by atoms with Gasteiger partial charge in [0.15, 0.2) is 0 Å². The number of benzene rings is 1. The number of esters is 1. The molecule has 0 fully saturated rings. The van der Waals surface area contributed by atoms with Gasteiger partial charge in [-0.15, -0.1) is 0 Å². The van der Waals surface area contributed by atoms with Crippen molar-refractivity contribution in [1.29, 1.82) is 0 Å². The highest BCUT2D eigenvalue weighted by atomic mass is 19.1. The number of carbonyl (C=O) groups is 1. The van der Waals surface area contributed by atoms with E-state index in [-0.39, 0.29) is 12.4 Å². The van der Waals surface area contributed by atoms with E-state index < -0.39 is 11.9 Å². The fraction of sp³-hybridized carbons (Fsp3) is 0.417. The molecule has 0 aliphatic carbocycles. The van der Waals surface area contributed by atoms with Crippen molar-refractivity contribution in [2.45, 2.75) is 19.4 Å². The smallest absolute Gasteiger partial charge is 0.307 e. The lowest BCUT2D eigenvalue weighted by Gasteiger charge is -2.14. The molecule has 5 heteroatoms. The van der Waals surface area contributed by atoms with Crippen molar-refractivity contribution in [2.75, 3.05) is 13.7 Å². The lowest BCUT2D eigenvalue weighted by Crippen LogP contribution is -2.18. The maximum atomic E-state index is 13.0. The Hall–Kier alpha value is -1.62. The fourth-order valence-electron chi connectivity index (χ4n) is 1.50. The molecule has 0 radical (unpaired) electrons. The minimum Gasteiger partial charge on any atom is -0.496 e. The highest BCUT2D eigenvalue weighted by molar-refractivity contribution is 5.70. The molecule has 17 heavy (non-hydrogen) atoms. The van der Waals surface area contributed by atoms with Crippen LogP contribution >= 0.6 is 0 Å². The molecule has 0 heterocycles. The molecule has 0 saturated carbocycles. The molecule has 0 spiro atoms. The zero-order valence-electron chi connectivity index (χ0n) is 9.90. The molecule has 0 saturated heterocycles. The van der Waals surface area contributed by atoms with E-state index in [9.17, 15) is 9.18 Å². The van der Waals surface area contributed by atoms with Crippen LogP contribution in [0.15, 0.2) is 18.2 Å². The van der Waals surface area contributed by atoms with Crippen molar-refractivity contribution in [3.8, 4) is 5.75 Å². The number of nitrogens with two attached hydrogens (primary N) is 1. The van der Waals surface area contributed by atoms with Gasteiger partial charge in [-0.05, 0) is 13.0 Å². The third-order valence-corrected chi connectivity index (χ3v) is 2.29. The Morgan fingerprint density at radius 3 is 2.82 bits per heavy atom. The molecule has 1 rings (SSSR count). The number of rotatable bonds is 5. The topological polar surface area (TPSA) is 61.5 Å². The van der Waals surface area contributed by atoms with Crippen molar-refractivity contribution in [3.05, 3.63) is 29.6 Å². The average molecular weight is 241 g/mol. The third-order valence-electron chi connectivity index (χ3n) is 2.29. The second kappa shape index (κ2) is 6.20. The zero-order chi connectivity index (χ0) is 12.8. The minimum atomic E-state index is -0.565. The fourth-order valence-corrected chi connectivity index (χ4v) is 1.50. The number of halogens is 1. The molecule has 0 aromatic heterocycles. The molecule has 1 atom stereocenters. The first-order valence-corrected chi connectivity index (χ1v) is 5.33. The molecule has 0 amide bonds. The summed E-state index contributed by atoms with van der Waals surface area (Å²) in [6, 6.07) is 3.46. The van der Waals surface area contributed by atoms with E-state index >= 15 is 0 Å². The van der Waals surface area contributed by atoms with Gasteiger partial charge in [0, 0.05) is 17.7 Å². The van der Waals surface area contributed by atoms with Gasteiger partial charge >= 0.3 is 5.97 Å². The zero-order valence-corrected chi connectivity index (χ0v) is 9.90. The Morgan fingerprint density at radius 2 is 2.24 bits per heavy atom. The lowest BCUT2D eigenvalue weighted by molar-refractivity contribution is -0.143. The van der Waals surface area contributed by atoms with Gasteiger partial charge in [-0.25, -0.2) is 4.39 Å². The Labute approximate surface area is 99.5 Å². The van der Waals surface area contributed by atoms with E-state index in [1.54, 1.807) is 6.92 Å². The molecule has 1 aromatic rings. The average Bonchev–Trinajstić information content (AvgIpc) is 2.28. The Morgan fingerprint density at radius 1 is 1.53 bits per heavy atom. The lowest BCUT2D eigenvalue weighted by atomic mass is 10.0. The predicted octanol–water partition coefficient (Wildman–Crippen LogP) is 1.79. The SMILES string of the molecule is CCOC(=O)C[C@@H](N)c1ccc(F)cc1OC. The van der Waals surface area contributed by atoms with Gasteiger partial charge in [0.2, 0.25) is 0 Å². The summed E-state index contributed by atoms with van der Waals surface area (Å²) < 4.78 is 22.8. The number of ether oxygens (including phenoxy) is 2. The van der Waals surface area contributed by atoms with Crippen molar-refractivity contribution >= 4 is 5.97 Å². The Kier molecular flexibility index (Phi) is 4.90. The molecular formula is C12H16FNO3. The summed E-state index contributed by atoms with van der Waals surface area (Å²) in [6.45, 7) is 2.04. The minimum absolute atomic E-state index is 0.0375. The van der Waals surface area contributed by atoms with Gasteiger partial charge < -0.3 is 15.2 Å². The summed E-state index contributed by atoms with van der Waals surface area (Å²) in [7, 11) is 1.43. The molecule has 4 nitrogen and oxygen atoms in total. The maximum Gasteiger partial charge on any atom is 0.307 e. The van der Waals surface area contributed by atoms with Crippen molar-refractivity contribution in [2.24, 2.45) is 5.73 Å². The molecular weight excluding hydrogens is 225 g/mol. The predicted molar refractivity (Wildman–Crippen MR) is 61.1 cm³/mol. The quantitative estimate of drug-likeness (QED) is 0.798. The highest BCUT2D eigenvalue weighted by Gasteiger charge is 2.16. The van der Waals surface area contributed by atoms with Gasteiger partial charge in [-0.3, -0.25) is 4.79 Å². The Balaban J connectivity index is 2.81. The van der Waals surface area contributed by atoms with Gasteiger partial charge in [0.1, 0.15) is 11.6 Å². The van der Waals surface area contributed by atoms with E-state index in [0.29, 0.717) is 17.9 Å². The molecule has 0 aliphatic heterocycles. The van der Waals surface area contributed by atoms with Crippen LogP contribution < -0.4 is 10.5 Å². The van der Waals surface area contributed by atoms with E-state index in [0.717, 1.165) is 0 Å². The van der Waals surface area contributed by atoms with Crippen LogP contribution in [0.1, 0.15) is 24.9 Å². The van der Waals surface area contributed by atoms with Crippen LogP contribution in [-0.2, 0) is 9.53 Å². The first-order valence-electron chi connectivity index (χ1n) is 5.33. The first kappa shape index (κ1) is 13.4. The molecule has 94 valence electrons. The van der Waals surface area contributed by atoms with Crippen molar-refractivity contribution in [3.63, 3.8) is 0 Å². The second-order valence-electron chi connectivity index (χ2n) is 3.50. The summed E-state index contributed by atoms with van der Waals surface area (Å²) in [5, 5.41) is 0. The van der Waals surface area contributed by atoms with Gasteiger partial charge in [0.25, 0.3) is 0 Å². The van der Waals surface area contributed by atoms with Crippen LogP contribution in [0.4, 0.5) is 4.39 Å². The molecule has 1 aromatic carbocycles. The summed E-state index contributed by atoms with van der Waals surface area (Å²) in [6.07, 6.45) is 0.0375. The number of carbonyl (C=O) groups excluding carboxylic acids is 1. The van der Waals surface area contributed by atoms with Crippen LogP contribution in [0.2, 0.25) is 0 Å². The van der Waals surface area contributed by atoms with E-state index in [1.165, 1.54) is 25.3 Å². The Bertz CT molecular complexity index is 395. The molecule has 0 aliphatic rings. The van der Waals surface area contributed by atoms with Crippen LogP contribution in [-0.4, -0.2) is 19.7 Å². The van der Waals surface area contributed by atoms with Crippen molar-refractivity contribution < 1.29 is 18.7 Å². The standard InChI is InChI=1S/C12H16FNO3/c1-3-17-12(15)7-10(14)9-5-4-8(13)6-11(9)16-2/h4-6,10H,3,7,14H2,1-2H3/t10-/m1/s1. The number of hydrogen-bond donors (Lipinski definition) is 1. The number of hydrogen-bond acceptors (Lipinski definition) is 4. The van der Waals surface area contributed by atoms with Crippen molar-refractivity contribution in [1.82, 2.24) is 0 Å². The second-order valence-corrected chi connectivity index (χ2v) is 3.50. The van der Waals surface area contributed by atoms with Crippen LogP contribution in [0.25, 0.3) is 0 Å². The normalized spacial score (nSPS) is 12.0. The molecule has 0 unspecified atom stereocenters. The van der Waals surface area contributed by atoms with Crippen LogP contribution in [0, 0.1) is 5.82 Å².